The first-order valence-corrected chi connectivity index (χ1v) is 25.7. The molecule has 0 bridgehead atoms. The summed E-state index contributed by atoms with van der Waals surface area (Å²) in [6.07, 6.45) is 0.540. The van der Waals surface area contributed by atoms with Gasteiger partial charge in [-0.05, 0) is 51.9 Å². The van der Waals surface area contributed by atoms with Crippen LogP contribution in [0.25, 0.3) is 0 Å². The molecule has 6 aromatic rings. The number of rotatable bonds is 16. The van der Waals surface area contributed by atoms with Gasteiger partial charge < -0.3 is 9.05 Å². The Hall–Kier alpha value is -4.74. The predicted octanol–water partition coefficient (Wildman–Crippen LogP) is 14.8. The molecule has 7 rings (SSSR count). The molecule has 1 saturated heterocycles. The Morgan fingerprint density at radius 1 is 0.531 bits per heavy atom. The Balaban J connectivity index is 1.11. The molecule has 7 nitrogen and oxygen atoms in total. The molecule has 64 heavy (non-hydrogen) atoms. The van der Waals surface area contributed by atoms with Crippen LogP contribution in [0.4, 0.5) is 0 Å². The van der Waals surface area contributed by atoms with Gasteiger partial charge in [0.1, 0.15) is 11.5 Å². The summed E-state index contributed by atoms with van der Waals surface area (Å²) in [6.45, 7) is 20.9. The van der Waals surface area contributed by atoms with Crippen LogP contribution in [0.2, 0.25) is 0 Å². The highest BCUT2D eigenvalue weighted by atomic mass is 31.2. The van der Waals surface area contributed by atoms with Crippen molar-refractivity contribution in [1.82, 2.24) is 0 Å². The van der Waals surface area contributed by atoms with Gasteiger partial charge in [-0.25, -0.2) is 9.13 Å². The number of phosphoric acid groups is 1. The van der Waals surface area contributed by atoms with Crippen molar-refractivity contribution in [1.29, 1.82) is 0 Å². The molecule has 0 unspecified atom stereocenters. The third-order valence-electron chi connectivity index (χ3n) is 13.6. The average molecular weight is 899 g/mol. The third-order valence-corrected chi connectivity index (χ3v) is 16.1. The van der Waals surface area contributed by atoms with E-state index >= 15 is 0 Å². The monoisotopic (exact) mass is 898 g/mol. The molecule has 9 heteroatoms. The van der Waals surface area contributed by atoms with Crippen LogP contribution in [0, 0.1) is 5.41 Å². The molecule has 1 heterocycles. The minimum absolute atomic E-state index is 0.00681. The average Bonchev–Trinajstić information content (AvgIpc) is 3.30. The lowest BCUT2D eigenvalue weighted by Crippen LogP contribution is -2.39. The van der Waals surface area contributed by atoms with Gasteiger partial charge in [-0.3, -0.25) is 13.6 Å². The summed E-state index contributed by atoms with van der Waals surface area (Å²) in [6, 6.07) is 53.5. The lowest BCUT2D eigenvalue weighted by atomic mass is 9.73. The van der Waals surface area contributed by atoms with E-state index in [-0.39, 0.29) is 30.7 Å². The maximum Gasteiger partial charge on any atom is 0.530 e. The molecule has 0 spiro atoms. The molecule has 6 aromatic carbocycles. The Bertz CT molecular complexity index is 2610. The highest BCUT2D eigenvalue weighted by molar-refractivity contribution is 7.53. The summed E-state index contributed by atoms with van der Waals surface area (Å²) in [7, 11) is -7.83. The van der Waals surface area contributed by atoms with Crippen molar-refractivity contribution in [3.05, 3.63) is 202 Å². The fourth-order valence-electron chi connectivity index (χ4n) is 8.57. The van der Waals surface area contributed by atoms with Crippen molar-refractivity contribution >= 4 is 15.4 Å². The first-order chi connectivity index (χ1) is 30.2. The van der Waals surface area contributed by atoms with Crippen molar-refractivity contribution in [2.24, 2.45) is 5.41 Å². The SMILES string of the molecule is CCC1(CO[P@@](C)(=O)Oc2ccc(C(C)(C)c3ccccc3)cc2C(C)(C)c2ccccc2)COP(=O)(Oc2ccc(C(C)(C)c3ccccc3)cc2C(C)(C)c2ccccc2)OC1. The van der Waals surface area contributed by atoms with Gasteiger partial charge in [0, 0.05) is 44.9 Å². The maximum absolute atomic E-state index is 14.4. The van der Waals surface area contributed by atoms with Crippen LogP contribution >= 0.6 is 15.4 Å². The molecule has 0 saturated carbocycles. The van der Waals surface area contributed by atoms with Crippen LogP contribution in [-0.4, -0.2) is 26.5 Å². The Kier molecular flexibility index (Phi) is 13.5. The summed E-state index contributed by atoms with van der Waals surface area (Å²) >= 11 is 0. The summed E-state index contributed by atoms with van der Waals surface area (Å²) < 4.78 is 60.0. The van der Waals surface area contributed by atoms with Crippen molar-refractivity contribution in [3.8, 4) is 11.5 Å². The third kappa shape index (κ3) is 9.91. The molecule has 0 amide bonds. The quantitative estimate of drug-likeness (QED) is 0.0895. The fourth-order valence-corrected chi connectivity index (χ4v) is 11.1. The predicted molar refractivity (Wildman–Crippen MR) is 260 cm³/mol. The lowest BCUT2D eigenvalue weighted by molar-refractivity contribution is -0.0319. The normalized spacial score (nSPS) is 19.4. The van der Waals surface area contributed by atoms with E-state index in [1.165, 1.54) is 17.8 Å². The van der Waals surface area contributed by atoms with Crippen molar-refractivity contribution in [2.45, 2.75) is 90.4 Å². The largest absolute Gasteiger partial charge is 0.530 e. The molecular formula is C55H64O7P2. The topological polar surface area (TPSA) is 80.3 Å². The maximum atomic E-state index is 14.4. The standard InChI is InChI=1S/C55H64O7P2/c1-11-55(38-58-63(10,56)61-49-34-32-45(51(2,3)41-24-16-12-17-25-41)36-47(49)53(6,7)43-28-20-14-21-29-43)39-59-64(57,60-40-55)62-50-35-33-46(52(4,5)42-26-18-13-19-27-42)37-48(50)54(8,9)44-30-22-15-23-31-44/h12-37H,11,38-40H2,1-10H3/t55?,63-,64?/m1/s1. The molecule has 1 aliphatic heterocycles. The lowest BCUT2D eigenvalue weighted by Gasteiger charge is -2.39. The molecule has 1 atom stereocenters. The van der Waals surface area contributed by atoms with E-state index in [0.29, 0.717) is 17.9 Å². The second kappa shape index (κ2) is 18.3. The van der Waals surface area contributed by atoms with Gasteiger partial charge >= 0.3 is 15.4 Å². The first kappa shape index (κ1) is 47.2. The van der Waals surface area contributed by atoms with Crippen LogP contribution in [0.15, 0.2) is 158 Å². The van der Waals surface area contributed by atoms with Gasteiger partial charge in [0.25, 0.3) is 0 Å². The van der Waals surface area contributed by atoms with E-state index in [1.54, 1.807) is 0 Å². The van der Waals surface area contributed by atoms with E-state index in [1.807, 2.05) is 79.7 Å². The first-order valence-electron chi connectivity index (χ1n) is 22.2. The molecule has 0 N–H and O–H groups in total. The van der Waals surface area contributed by atoms with Gasteiger partial charge in [0.05, 0.1) is 19.8 Å². The van der Waals surface area contributed by atoms with Crippen LogP contribution in [0.3, 0.4) is 0 Å². The van der Waals surface area contributed by atoms with E-state index < -0.39 is 31.7 Å². The summed E-state index contributed by atoms with van der Waals surface area (Å²) in [5.41, 5.74) is 6.03. The van der Waals surface area contributed by atoms with Crippen LogP contribution in [0.1, 0.15) is 113 Å². The Labute approximate surface area is 381 Å². The molecular weight excluding hydrogens is 835 g/mol. The summed E-state index contributed by atoms with van der Waals surface area (Å²) in [4.78, 5) is 0. The molecule has 1 fully saturated rings. The zero-order valence-corrected chi connectivity index (χ0v) is 40.9. The van der Waals surface area contributed by atoms with Crippen molar-refractivity contribution in [2.75, 3.05) is 26.5 Å². The zero-order valence-electron chi connectivity index (χ0n) is 39.1. The Morgan fingerprint density at radius 2 is 0.891 bits per heavy atom. The smallest absolute Gasteiger partial charge is 0.424 e. The van der Waals surface area contributed by atoms with Gasteiger partial charge in [0.2, 0.25) is 0 Å². The van der Waals surface area contributed by atoms with Crippen molar-refractivity contribution in [3.63, 3.8) is 0 Å². The van der Waals surface area contributed by atoms with E-state index in [2.05, 4.69) is 140 Å². The van der Waals surface area contributed by atoms with E-state index in [9.17, 15) is 9.13 Å². The van der Waals surface area contributed by atoms with Gasteiger partial charge in [-0.15, -0.1) is 0 Å². The van der Waals surface area contributed by atoms with E-state index in [4.69, 9.17) is 22.6 Å². The van der Waals surface area contributed by atoms with Gasteiger partial charge in [0.15, 0.2) is 0 Å². The molecule has 0 aromatic heterocycles. The molecule has 0 aliphatic carbocycles. The number of phosphoric ester groups is 1. The zero-order chi connectivity index (χ0) is 46.0. The second-order valence-corrected chi connectivity index (χ2v) is 23.0. The van der Waals surface area contributed by atoms with Gasteiger partial charge in [-0.1, -0.05) is 208 Å². The van der Waals surface area contributed by atoms with Crippen molar-refractivity contribution < 1.29 is 31.7 Å². The van der Waals surface area contributed by atoms with Crippen LogP contribution < -0.4 is 9.05 Å². The number of benzene rings is 6. The minimum atomic E-state index is -4.10. The second-order valence-electron chi connectivity index (χ2n) is 19.5. The molecule has 1 aliphatic rings. The number of hydrogen-bond donors (Lipinski definition) is 0. The molecule has 336 valence electrons. The summed E-state index contributed by atoms with van der Waals surface area (Å²) in [5, 5.41) is 0. The highest BCUT2D eigenvalue weighted by Gasteiger charge is 2.46. The highest BCUT2D eigenvalue weighted by Crippen LogP contribution is 2.58. The number of hydrogen-bond acceptors (Lipinski definition) is 7. The van der Waals surface area contributed by atoms with E-state index in [0.717, 1.165) is 33.4 Å². The minimum Gasteiger partial charge on any atom is -0.424 e. The summed E-state index contributed by atoms with van der Waals surface area (Å²) in [5.74, 6) is 0.906. The molecule has 0 radical (unpaired) electrons. The fraction of sp³-hybridized carbons (Fsp3) is 0.345. The van der Waals surface area contributed by atoms with Crippen LogP contribution in [-0.2, 0) is 44.4 Å². The Morgan fingerprint density at radius 3 is 1.28 bits per heavy atom. The van der Waals surface area contributed by atoms with Crippen LogP contribution in [0.5, 0.6) is 11.5 Å². The van der Waals surface area contributed by atoms with Gasteiger partial charge in [-0.2, -0.15) is 0 Å².